The quantitative estimate of drug-likeness (QED) is 0.862. The fourth-order valence-corrected chi connectivity index (χ4v) is 2.47. The Morgan fingerprint density at radius 3 is 2.87 bits per heavy atom. The Morgan fingerprint density at radius 2 is 2.27 bits per heavy atom. The number of nitrogens with two attached hydrogens (primary N) is 1. The van der Waals surface area contributed by atoms with Crippen molar-refractivity contribution < 1.29 is 0 Å². The molecule has 0 saturated heterocycles. The molecule has 15 heavy (non-hydrogen) atoms. The Balaban J connectivity index is 2.21. The number of nitrogens with zero attached hydrogens (tertiary/aromatic N) is 2. The largest absolute Gasteiger partial charge is 0.343 e. The molecule has 0 aliphatic heterocycles. The monoisotopic (exact) mass is 221 g/mol. The number of thiazole rings is 1. The second-order valence-electron chi connectivity index (χ2n) is 3.58. The smallest absolute Gasteiger partial charge is 0.113 e. The van der Waals surface area contributed by atoms with Gasteiger partial charge < -0.3 is 10.3 Å². The molecule has 0 aliphatic carbocycles. The highest BCUT2D eigenvalue weighted by Gasteiger charge is 2.05. The lowest BCUT2D eigenvalue weighted by Crippen LogP contribution is -2.07. The van der Waals surface area contributed by atoms with Crippen LogP contribution in [0, 0.1) is 13.8 Å². The molecule has 4 heteroatoms. The zero-order valence-corrected chi connectivity index (χ0v) is 9.84. The van der Waals surface area contributed by atoms with Crippen molar-refractivity contribution >= 4 is 11.3 Å². The molecule has 0 aromatic carbocycles. The standard InChI is InChI=1S/C11H15N3S/c1-8-9(2)15-11(13-8)7-14-5-3-4-10(14)6-12/h3-5H,6-7,12H2,1-2H3. The summed E-state index contributed by atoms with van der Waals surface area (Å²) in [6, 6.07) is 4.07. The first kappa shape index (κ1) is 10.4. The highest BCUT2D eigenvalue weighted by Crippen LogP contribution is 2.18. The predicted molar refractivity (Wildman–Crippen MR) is 63.0 cm³/mol. The van der Waals surface area contributed by atoms with E-state index in [0.717, 1.165) is 22.9 Å². The summed E-state index contributed by atoms with van der Waals surface area (Å²) >= 11 is 1.76. The van der Waals surface area contributed by atoms with Crippen LogP contribution in [0.1, 0.15) is 21.3 Å². The van der Waals surface area contributed by atoms with Crippen molar-refractivity contribution in [1.29, 1.82) is 0 Å². The molecule has 2 aromatic rings. The Kier molecular flexibility index (Phi) is 2.88. The van der Waals surface area contributed by atoms with Gasteiger partial charge in [-0.1, -0.05) is 0 Å². The number of aromatic nitrogens is 2. The van der Waals surface area contributed by atoms with Crippen molar-refractivity contribution in [2.24, 2.45) is 5.73 Å². The summed E-state index contributed by atoms with van der Waals surface area (Å²) in [6.45, 7) is 5.57. The maximum atomic E-state index is 5.65. The molecule has 0 amide bonds. The predicted octanol–water partition coefficient (Wildman–Crippen LogP) is 2.07. The molecule has 0 radical (unpaired) electrons. The Morgan fingerprint density at radius 1 is 1.47 bits per heavy atom. The topological polar surface area (TPSA) is 43.8 Å². The van der Waals surface area contributed by atoms with Gasteiger partial charge in [-0.05, 0) is 26.0 Å². The minimum atomic E-state index is 0.580. The molecule has 0 unspecified atom stereocenters. The van der Waals surface area contributed by atoms with Crippen molar-refractivity contribution in [3.63, 3.8) is 0 Å². The van der Waals surface area contributed by atoms with Gasteiger partial charge in [0.1, 0.15) is 5.01 Å². The first-order chi connectivity index (χ1) is 7.20. The summed E-state index contributed by atoms with van der Waals surface area (Å²) < 4.78 is 2.15. The molecule has 2 aromatic heterocycles. The van der Waals surface area contributed by atoms with Crippen LogP contribution >= 0.6 is 11.3 Å². The first-order valence-corrected chi connectivity index (χ1v) is 5.79. The zero-order valence-electron chi connectivity index (χ0n) is 9.03. The Bertz CT molecular complexity index is 437. The zero-order chi connectivity index (χ0) is 10.8. The fourth-order valence-electron chi connectivity index (χ4n) is 1.54. The van der Waals surface area contributed by atoms with Gasteiger partial charge in [0.25, 0.3) is 0 Å². The first-order valence-electron chi connectivity index (χ1n) is 4.97. The second-order valence-corrected chi connectivity index (χ2v) is 4.87. The van der Waals surface area contributed by atoms with Gasteiger partial charge in [-0.2, -0.15) is 0 Å². The number of rotatable bonds is 3. The second kappa shape index (κ2) is 4.16. The molecular formula is C11H15N3S. The van der Waals surface area contributed by atoms with Crippen molar-refractivity contribution in [2.45, 2.75) is 26.9 Å². The van der Waals surface area contributed by atoms with Crippen LogP contribution in [-0.2, 0) is 13.1 Å². The Labute approximate surface area is 93.6 Å². The van der Waals surface area contributed by atoms with Gasteiger partial charge in [0, 0.05) is 23.3 Å². The number of aryl methyl sites for hydroxylation is 2. The summed E-state index contributed by atoms with van der Waals surface area (Å²) in [5.74, 6) is 0. The van der Waals surface area contributed by atoms with Crippen LogP contribution < -0.4 is 5.73 Å². The molecule has 0 spiro atoms. The molecule has 0 bridgehead atoms. The molecule has 0 aliphatic rings. The SMILES string of the molecule is Cc1nc(Cn2cccc2CN)sc1C. The van der Waals surface area contributed by atoms with Crippen LogP contribution in [0.2, 0.25) is 0 Å². The molecular weight excluding hydrogens is 206 g/mol. The van der Waals surface area contributed by atoms with Gasteiger partial charge in [0.2, 0.25) is 0 Å². The Hall–Kier alpha value is -1.13. The van der Waals surface area contributed by atoms with E-state index in [4.69, 9.17) is 5.73 Å². The van der Waals surface area contributed by atoms with Gasteiger partial charge in [0.15, 0.2) is 0 Å². The summed E-state index contributed by atoms with van der Waals surface area (Å²) in [5.41, 5.74) is 7.93. The third kappa shape index (κ3) is 2.11. The van der Waals surface area contributed by atoms with E-state index < -0.39 is 0 Å². The fraction of sp³-hybridized carbons (Fsp3) is 0.364. The van der Waals surface area contributed by atoms with Gasteiger partial charge in [-0.3, -0.25) is 0 Å². The molecule has 3 nitrogen and oxygen atoms in total. The molecule has 0 atom stereocenters. The van der Waals surface area contributed by atoms with E-state index in [1.54, 1.807) is 11.3 Å². The van der Waals surface area contributed by atoms with E-state index in [1.165, 1.54) is 4.88 Å². The minimum Gasteiger partial charge on any atom is -0.343 e. The summed E-state index contributed by atoms with van der Waals surface area (Å²) in [6.07, 6.45) is 2.05. The van der Waals surface area contributed by atoms with Gasteiger partial charge in [0.05, 0.1) is 12.2 Å². The summed E-state index contributed by atoms with van der Waals surface area (Å²) in [7, 11) is 0. The molecule has 80 valence electrons. The van der Waals surface area contributed by atoms with Gasteiger partial charge in [-0.25, -0.2) is 4.98 Å². The van der Waals surface area contributed by atoms with E-state index in [0.29, 0.717) is 6.54 Å². The van der Waals surface area contributed by atoms with E-state index in [2.05, 4.69) is 23.4 Å². The van der Waals surface area contributed by atoms with Crippen molar-refractivity contribution in [3.05, 3.63) is 39.6 Å². The summed E-state index contributed by atoms with van der Waals surface area (Å²) in [4.78, 5) is 5.82. The lowest BCUT2D eigenvalue weighted by molar-refractivity contribution is 0.738. The van der Waals surface area contributed by atoms with Crippen LogP contribution in [0.5, 0.6) is 0 Å². The minimum absolute atomic E-state index is 0.580. The van der Waals surface area contributed by atoms with E-state index in [1.807, 2.05) is 18.3 Å². The third-order valence-corrected chi connectivity index (χ3v) is 3.57. The highest BCUT2D eigenvalue weighted by molar-refractivity contribution is 7.11. The lowest BCUT2D eigenvalue weighted by Gasteiger charge is -2.04. The lowest BCUT2D eigenvalue weighted by atomic mass is 10.4. The molecule has 2 N–H and O–H groups in total. The molecule has 0 saturated carbocycles. The van der Waals surface area contributed by atoms with Crippen LogP contribution in [0.3, 0.4) is 0 Å². The normalized spacial score (nSPS) is 10.9. The van der Waals surface area contributed by atoms with Crippen LogP contribution in [0.15, 0.2) is 18.3 Å². The van der Waals surface area contributed by atoms with E-state index >= 15 is 0 Å². The maximum absolute atomic E-state index is 5.65. The van der Waals surface area contributed by atoms with Crippen molar-refractivity contribution in [2.75, 3.05) is 0 Å². The average Bonchev–Trinajstić information content (AvgIpc) is 2.75. The van der Waals surface area contributed by atoms with Crippen LogP contribution in [0.4, 0.5) is 0 Å². The molecule has 2 rings (SSSR count). The number of hydrogen-bond donors (Lipinski definition) is 1. The van der Waals surface area contributed by atoms with Crippen LogP contribution in [-0.4, -0.2) is 9.55 Å². The van der Waals surface area contributed by atoms with Crippen molar-refractivity contribution in [1.82, 2.24) is 9.55 Å². The van der Waals surface area contributed by atoms with Gasteiger partial charge >= 0.3 is 0 Å². The highest BCUT2D eigenvalue weighted by atomic mass is 32.1. The molecule has 2 heterocycles. The number of hydrogen-bond acceptors (Lipinski definition) is 3. The van der Waals surface area contributed by atoms with Gasteiger partial charge in [-0.15, -0.1) is 11.3 Å². The molecule has 0 fully saturated rings. The maximum Gasteiger partial charge on any atom is 0.113 e. The van der Waals surface area contributed by atoms with E-state index in [9.17, 15) is 0 Å². The third-order valence-electron chi connectivity index (χ3n) is 2.51. The van der Waals surface area contributed by atoms with E-state index in [-0.39, 0.29) is 0 Å². The summed E-state index contributed by atoms with van der Waals surface area (Å²) in [5, 5.41) is 1.15. The van der Waals surface area contributed by atoms with Crippen molar-refractivity contribution in [3.8, 4) is 0 Å². The van der Waals surface area contributed by atoms with Crippen LogP contribution in [0.25, 0.3) is 0 Å². The average molecular weight is 221 g/mol.